The first-order chi connectivity index (χ1) is 8.13. The number of halogens is 2. The third-order valence-electron chi connectivity index (χ3n) is 2.77. The fourth-order valence-corrected chi connectivity index (χ4v) is 3.53. The molecule has 0 bridgehead atoms. The van der Waals surface area contributed by atoms with E-state index < -0.39 is 0 Å². The standard InChI is InChI=1S/C13H13BrClNS/c1-8-3-4-9(5-12(8)15)13(16-2)10-6-17-7-11(10)14/h3-7,13,16H,1-2H3. The van der Waals surface area contributed by atoms with Gasteiger partial charge in [0, 0.05) is 14.9 Å². The van der Waals surface area contributed by atoms with Crippen LogP contribution in [0.25, 0.3) is 0 Å². The SMILES string of the molecule is CNC(c1ccc(C)c(Cl)c1)c1cscc1Br. The molecule has 1 aromatic carbocycles. The molecule has 90 valence electrons. The summed E-state index contributed by atoms with van der Waals surface area (Å²) in [6.07, 6.45) is 0. The lowest BCUT2D eigenvalue weighted by atomic mass is 10.0. The Morgan fingerprint density at radius 2 is 2.12 bits per heavy atom. The van der Waals surface area contributed by atoms with Crippen molar-refractivity contribution in [3.8, 4) is 0 Å². The molecule has 17 heavy (non-hydrogen) atoms. The van der Waals surface area contributed by atoms with Crippen molar-refractivity contribution in [1.82, 2.24) is 5.32 Å². The maximum atomic E-state index is 6.18. The second-order valence-electron chi connectivity index (χ2n) is 3.91. The van der Waals surface area contributed by atoms with Crippen LogP contribution >= 0.6 is 38.9 Å². The van der Waals surface area contributed by atoms with Crippen molar-refractivity contribution < 1.29 is 0 Å². The van der Waals surface area contributed by atoms with Crippen molar-refractivity contribution in [3.05, 3.63) is 55.1 Å². The summed E-state index contributed by atoms with van der Waals surface area (Å²) in [4.78, 5) is 0. The van der Waals surface area contributed by atoms with Crippen LogP contribution in [0.4, 0.5) is 0 Å². The highest BCUT2D eigenvalue weighted by Crippen LogP contribution is 2.32. The summed E-state index contributed by atoms with van der Waals surface area (Å²) in [5.41, 5.74) is 3.54. The summed E-state index contributed by atoms with van der Waals surface area (Å²) in [5.74, 6) is 0. The summed E-state index contributed by atoms with van der Waals surface area (Å²) in [6, 6.07) is 6.38. The average molecular weight is 331 g/mol. The van der Waals surface area contributed by atoms with E-state index in [9.17, 15) is 0 Å². The van der Waals surface area contributed by atoms with Crippen LogP contribution in [0, 0.1) is 6.92 Å². The Morgan fingerprint density at radius 1 is 1.35 bits per heavy atom. The Hall–Kier alpha value is -0.350. The molecule has 0 fully saturated rings. The Morgan fingerprint density at radius 3 is 2.65 bits per heavy atom. The van der Waals surface area contributed by atoms with Crippen LogP contribution in [0.2, 0.25) is 5.02 Å². The van der Waals surface area contributed by atoms with Gasteiger partial charge in [0.2, 0.25) is 0 Å². The van der Waals surface area contributed by atoms with E-state index >= 15 is 0 Å². The topological polar surface area (TPSA) is 12.0 Å². The average Bonchev–Trinajstić information content (AvgIpc) is 2.71. The molecule has 1 N–H and O–H groups in total. The van der Waals surface area contributed by atoms with Crippen LogP contribution in [0.5, 0.6) is 0 Å². The van der Waals surface area contributed by atoms with Crippen molar-refractivity contribution in [2.24, 2.45) is 0 Å². The van der Waals surface area contributed by atoms with Gasteiger partial charge in [0.05, 0.1) is 6.04 Å². The Labute approximate surface area is 119 Å². The predicted octanol–water partition coefficient (Wildman–Crippen LogP) is 4.78. The summed E-state index contributed by atoms with van der Waals surface area (Å²) in [5, 5.41) is 8.38. The molecule has 1 nitrogen and oxygen atoms in total. The number of aryl methyl sites for hydroxylation is 1. The molecular weight excluding hydrogens is 318 g/mol. The molecule has 0 saturated heterocycles. The molecule has 0 spiro atoms. The minimum Gasteiger partial charge on any atom is -0.309 e. The fraction of sp³-hybridized carbons (Fsp3) is 0.231. The third-order valence-corrected chi connectivity index (χ3v) is 4.93. The fourth-order valence-electron chi connectivity index (χ4n) is 1.79. The van der Waals surface area contributed by atoms with Crippen LogP contribution in [-0.2, 0) is 0 Å². The largest absolute Gasteiger partial charge is 0.309 e. The van der Waals surface area contributed by atoms with Crippen molar-refractivity contribution in [2.75, 3.05) is 7.05 Å². The Kier molecular flexibility index (Phi) is 4.26. The number of nitrogens with one attached hydrogen (secondary N) is 1. The van der Waals surface area contributed by atoms with Gasteiger partial charge in [0.15, 0.2) is 0 Å². The van der Waals surface area contributed by atoms with E-state index in [1.54, 1.807) is 11.3 Å². The second kappa shape index (κ2) is 5.53. The quantitative estimate of drug-likeness (QED) is 0.854. The Balaban J connectivity index is 2.42. The van der Waals surface area contributed by atoms with Crippen molar-refractivity contribution in [1.29, 1.82) is 0 Å². The molecule has 0 amide bonds. The lowest BCUT2D eigenvalue weighted by Gasteiger charge is -2.17. The minimum atomic E-state index is 0.175. The third kappa shape index (κ3) is 2.74. The maximum absolute atomic E-state index is 6.18. The monoisotopic (exact) mass is 329 g/mol. The normalized spacial score (nSPS) is 12.7. The van der Waals surface area contributed by atoms with Crippen LogP contribution in [-0.4, -0.2) is 7.05 Å². The molecule has 0 aliphatic rings. The molecular formula is C13H13BrClNS. The lowest BCUT2D eigenvalue weighted by Crippen LogP contribution is -2.17. The van der Waals surface area contributed by atoms with Gasteiger partial charge < -0.3 is 5.32 Å². The van der Waals surface area contributed by atoms with Gasteiger partial charge in [-0.05, 0) is 58.0 Å². The van der Waals surface area contributed by atoms with Crippen LogP contribution < -0.4 is 5.32 Å². The van der Waals surface area contributed by atoms with Gasteiger partial charge in [-0.15, -0.1) is 0 Å². The molecule has 1 unspecified atom stereocenters. The van der Waals surface area contributed by atoms with Crippen LogP contribution in [0.15, 0.2) is 33.4 Å². The highest BCUT2D eigenvalue weighted by Gasteiger charge is 2.16. The van der Waals surface area contributed by atoms with E-state index in [0.717, 1.165) is 15.1 Å². The van der Waals surface area contributed by atoms with Crippen LogP contribution in [0.3, 0.4) is 0 Å². The van der Waals surface area contributed by atoms with E-state index in [1.807, 2.05) is 20.0 Å². The molecule has 0 saturated carbocycles. The second-order valence-corrected chi connectivity index (χ2v) is 5.91. The molecule has 4 heteroatoms. The first-order valence-corrected chi connectivity index (χ1v) is 7.39. The van der Waals surface area contributed by atoms with Gasteiger partial charge >= 0.3 is 0 Å². The highest BCUT2D eigenvalue weighted by molar-refractivity contribution is 9.10. The minimum absolute atomic E-state index is 0.175. The first-order valence-electron chi connectivity index (χ1n) is 5.28. The van der Waals surface area contributed by atoms with E-state index in [-0.39, 0.29) is 6.04 Å². The summed E-state index contributed by atoms with van der Waals surface area (Å²) in [7, 11) is 1.96. The van der Waals surface area contributed by atoms with Gasteiger partial charge in [0.25, 0.3) is 0 Å². The summed E-state index contributed by atoms with van der Waals surface area (Å²) in [6.45, 7) is 2.01. The maximum Gasteiger partial charge on any atom is 0.0594 e. The summed E-state index contributed by atoms with van der Waals surface area (Å²) < 4.78 is 1.14. The smallest absolute Gasteiger partial charge is 0.0594 e. The van der Waals surface area contributed by atoms with E-state index in [1.165, 1.54) is 11.1 Å². The van der Waals surface area contributed by atoms with Gasteiger partial charge in [-0.3, -0.25) is 0 Å². The molecule has 2 rings (SSSR count). The van der Waals surface area contributed by atoms with Gasteiger partial charge in [0.1, 0.15) is 0 Å². The number of hydrogen-bond donors (Lipinski definition) is 1. The Bertz CT molecular complexity index is 524. The van der Waals surface area contributed by atoms with E-state index in [2.05, 4.69) is 44.1 Å². The molecule has 1 heterocycles. The van der Waals surface area contributed by atoms with Gasteiger partial charge in [-0.25, -0.2) is 0 Å². The molecule has 0 aliphatic carbocycles. The molecule has 0 radical (unpaired) electrons. The molecule has 0 aliphatic heterocycles. The first kappa shape index (κ1) is 13.1. The zero-order valence-corrected chi connectivity index (χ0v) is 12.8. The van der Waals surface area contributed by atoms with Crippen LogP contribution in [0.1, 0.15) is 22.7 Å². The number of benzene rings is 1. The number of rotatable bonds is 3. The molecule has 1 aromatic heterocycles. The highest BCUT2D eigenvalue weighted by atomic mass is 79.9. The van der Waals surface area contributed by atoms with E-state index in [4.69, 9.17) is 11.6 Å². The van der Waals surface area contributed by atoms with Gasteiger partial charge in [-0.2, -0.15) is 11.3 Å². The van der Waals surface area contributed by atoms with Crippen molar-refractivity contribution in [3.63, 3.8) is 0 Å². The summed E-state index contributed by atoms with van der Waals surface area (Å²) >= 11 is 11.4. The lowest BCUT2D eigenvalue weighted by molar-refractivity contribution is 0.691. The predicted molar refractivity (Wildman–Crippen MR) is 79.1 cm³/mol. The molecule has 1 atom stereocenters. The molecule has 2 aromatic rings. The van der Waals surface area contributed by atoms with Gasteiger partial charge in [-0.1, -0.05) is 23.7 Å². The number of hydrogen-bond acceptors (Lipinski definition) is 2. The van der Waals surface area contributed by atoms with E-state index in [0.29, 0.717) is 0 Å². The van der Waals surface area contributed by atoms with Crippen molar-refractivity contribution in [2.45, 2.75) is 13.0 Å². The zero-order valence-electron chi connectivity index (χ0n) is 9.63. The zero-order chi connectivity index (χ0) is 12.4. The number of thiophene rings is 1. The van der Waals surface area contributed by atoms with Crippen molar-refractivity contribution >= 4 is 38.9 Å².